The van der Waals surface area contributed by atoms with Crippen molar-refractivity contribution in [1.82, 2.24) is 10.2 Å². The van der Waals surface area contributed by atoms with Crippen LogP contribution in [0.4, 0.5) is 0 Å². The summed E-state index contributed by atoms with van der Waals surface area (Å²) in [4.78, 5) is 29.1. The molecule has 0 heterocycles. The van der Waals surface area contributed by atoms with Gasteiger partial charge in [-0.25, -0.2) is 0 Å². The van der Waals surface area contributed by atoms with E-state index in [9.17, 15) is 9.59 Å². The molecule has 7 heteroatoms. The van der Waals surface area contributed by atoms with E-state index in [0.29, 0.717) is 29.5 Å². The highest BCUT2D eigenvalue weighted by Crippen LogP contribution is 2.25. The first kappa shape index (κ1) is 28.0. The van der Waals surface area contributed by atoms with Crippen LogP contribution in [0.3, 0.4) is 0 Å². The highest BCUT2D eigenvalue weighted by molar-refractivity contribution is 6.35. The van der Waals surface area contributed by atoms with Gasteiger partial charge in [-0.3, -0.25) is 9.59 Å². The second-order valence-corrected chi connectivity index (χ2v) is 10.6. The fraction of sp³-hybridized carbons (Fsp3) is 0.355. The first-order valence-corrected chi connectivity index (χ1v) is 14.0. The summed E-state index contributed by atoms with van der Waals surface area (Å²) in [5.74, 6) is 0.526. The average Bonchev–Trinajstić information content (AvgIpc) is 3.44. The Morgan fingerprint density at radius 2 is 1.63 bits per heavy atom. The number of para-hydroxylation sites is 1. The largest absolute Gasteiger partial charge is 0.494 e. The van der Waals surface area contributed by atoms with Crippen LogP contribution in [0.1, 0.15) is 49.7 Å². The molecular weight excluding hydrogens is 519 g/mol. The van der Waals surface area contributed by atoms with Crippen LogP contribution in [0.5, 0.6) is 5.75 Å². The number of rotatable bonds is 12. The molecule has 4 rings (SSSR count). The van der Waals surface area contributed by atoms with Crippen LogP contribution < -0.4 is 10.1 Å². The molecule has 2 amide bonds. The molecule has 1 atom stereocenters. The van der Waals surface area contributed by atoms with Gasteiger partial charge in [-0.1, -0.05) is 90.6 Å². The van der Waals surface area contributed by atoms with E-state index in [0.717, 1.165) is 42.6 Å². The summed E-state index contributed by atoms with van der Waals surface area (Å²) in [6, 6.07) is 24.1. The van der Waals surface area contributed by atoms with Crippen LogP contribution in [-0.2, 0) is 22.6 Å². The Bertz CT molecular complexity index is 1180. The van der Waals surface area contributed by atoms with E-state index in [1.807, 2.05) is 66.7 Å². The maximum absolute atomic E-state index is 13.7. The molecule has 200 valence electrons. The van der Waals surface area contributed by atoms with Crippen molar-refractivity contribution in [1.29, 1.82) is 0 Å². The number of carbonyl (C=O) groups excluding carboxylic acids is 2. The zero-order valence-electron chi connectivity index (χ0n) is 21.5. The van der Waals surface area contributed by atoms with E-state index in [1.165, 1.54) is 0 Å². The summed E-state index contributed by atoms with van der Waals surface area (Å²) >= 11 is 12.6. The molecule has 0 radical (unpaired) electrons. The molecule has 1 N–H and O–H groups in total. The van der Waals surface area contributed by atoms with Gasteiger partial charge < -0.3 is 15.0 Å². The monoisotopic (exact) mass is 552 g/mol. The van der Waals surface area contributed by atoms with E-state index in [4.69, 9.17) is 27.9 Å². The minimum atomic E-state index is -0.674. The molecule has 1 aliphatic rings. The predicted molar refractivity (Wildman–Crippen MR) is 153 cm³/mol. The summed E-state index contributed by atoms with van der Waals surface area (Å²) in [5.41, 5.74) is 1.74. The number of carbonyl (C=O) groups is 2. The number of amides is 2. The molecule has 1 saturated carbocycles. The molecule has 3 aromatic rings. The molecule has 0 aliphatic heterocycles. The number of hydrogen-bond acceptors (Lipinski definition) is 3. The summed E-state index contributed by atoms with van der Waals surface area (Å²) < 4.78 is 5.79. The van der Waals surface area contributed by atoms with Crippen LogP contribution in [0.2, 0.25) is 10.0 Å². The second kappa shape index (κ2) is 14.2. The van der Waals surface area contributed by atoms with Gasteiger partial charge in [-0.2, -0.15) is 0 Å². The molecule has 5 nitrogen and oxygen atoms in total. The van der Waals surface area contributed by atoms with E-state index in [-0.39, 0.29) is 30.8 Å². The van der Waals surface area contributed by atoms with Gasteiger partial charge in [0.05, 0.1) is 6.61 Å². The van der Waals surface area contributed by atoms with E-state index in [2.05, 4.69) is 5.32 Å². The maximum atomic E-state index is 13.7. The Morgan fingerprint density at radius 1 is 0.947 bits per heavy atom. The van der Waals surface area contributed by atoms with Crippen molar-refractivity contribution in [2.75, 3.05) is 6.61 Å². The maximum Gasteiger partial charge on any atom is 0.243 e. The van der Waals surface area contributed by atoms with E-state index < -0.39 is 6.04 Å². The Hall–Kier alpha value is -3.02. The molecule has 0 unspecified atom stereocenters. The van der Waals surface area contributed by atoms with Crippen LogP contribution in [0.15, 0.2) is 78.9 Å². The van der Waals surface area contributed by atoms with Gasteiger partial charge in [0.2, 0.25) is 11.8 Å². The van der Waals surface area contributed by atoms with Gasteiger partial charge in [0.1, 0.15) is 11.8 Å². The molecule has 38 heavy (non-hydrogen) atoms. The topological polar surface area (TPSA) is 58.6 Å². The Balaban J connectivity index is 1.55. The van der Waals surface area contributed by atoms with Crippen molar-refractivity contribution in [3.63, 3.8) is 0 Å². The minimum absolute atomic E-state index is 0.116. The van der Waals surface area contributed by atoms with Crippen LogP contribution in [-0.4, -0.2) is 35.4 Å². The van der Waals surface area contributed by atoms with Crippen molar-refractivity contribution >= 4 is 35.0 Å². The fourth-order valence-corrected chi connectivity index (χ4v) is 5.30. The molecule has 1 fully saturated rings. The highest BCUT2D eigenvalue weighted by atomic mass is 35.5. The quantitative estimate of drug-likeness (QED) is 0.250. The first-order valence-electron chi connectivity index (χ1n) is 13.2. The zero-order valence-corrected chi connectivity index (χ0v) is 23.0. The molecule has 0 aromatic heterocycles. The molecular formula is C31H34Cl2N2O3. The normalized spacial score (nSPS) is 14.2. The van der Waals surface area contributed by atoms with Gasteiger partial charge >= 0.3 is 0 Å². The van der Waals surface area contributed by atoms with Gasteiger partial charge in [0, 0.05) is 35.5 Å². The smallest absolute Gasteiger partial charge is 0.243 e. The lowest BCUT2D eigenvalue weighted by Gasteiger charge is -2.32. The number of nitrogens with zero attached hydrogens (tertiary/aromatic N) is 1. The second-order valence-electron chi connectivity index (χ2n) is 9.72. The Labute approximate surface area is 235 Å². The fourth-order valence-electron chi connectivity index (χ4n) is 4.83. The summed E-state index contributed by atoms with van der Waals surface area (Å²) in [5, 5.41) is 4.21. The number of halogens is 2. The van der Waals surface area contributed by atoms with Gasteiger partial charge in [-0.15, -0.1) is 0 Å². The van der Waals surface area contributed by atoms with Crippen molar-refractivity contribution < 1.29 is 14.3 Å². The first-order chi connectivity index (χ1) is 18.5. The molecule has 3 aromatic carbocycles. The molecule has 0 saturated heterocycles. The third-order valence-electron chi connectivity index (χ3n) is 6.88. The number of hydrogen-bond donors (Lipinski definition) is 1. The van der Waals surface area contributed by atoms with E-state index >= 15 is 0 Å². The third kappa shape index (κ3) is 8.24. The predicted octanol–water partition coefficient (Wildman–Crippen LogP) is 6.85. The molecule has 1 aliphatic carbocycles. The van der Waals surface area contributed by atoms with Crippen LogP contribution in [0, 0.1) is 0 Å². The number of nitrogens with one attached hydrogen (secondary N) is 1. The third-order valence-corrected chi connectivity index (χ3v) is 7.46. The van der Waals surface area contributed by atoms with Crippen molar-refractivity contribution in [2.24, 2.45) is 0 Å². The van der Waals surface area contributed by atoms with Crippen LogP contribution in [0.25, 0.3) is 0 Å². The lowest BCUT2D eigenvalue weighted by Crippen LogP contribution is -2.52. The van der Waals surface area contributed by atoms with Crippen molar-refractivity contribution in [3.05, 3.63) is 100 Å². The van der Waals surface area contributed by atoms with Gasteiger partial charge in [0.25, 0.3) is 0 Å². The molecule has 0 bridgehead atoms. The molecule has 0 spiro atoms. The zero-order chi connectivity index (χ0) is 26.7. The number of ether oxygens (including phenoxy) is 1. The average molecular weight is 554 g/mol. The standard InChI is InChI=1S/C31H34Cl2N2O3/c32-25-18-17-24(28(33)21-25)22-35(30(36)16-9-19-38-27-14-5-2-6-15-27)29(20-23-10-3-1-4-11-23)31(37)34-26-12-7-8-13-26/h1-6,10-11,14-15,17-18,21,26,29H,7-9,12-13,16,19-20,22H2,(H,34,37)/t29-/m0/s1. The van der Waals surface area contributed by atoms with Crippen LogP contribution >= 0.6 is 23.2 Å². The SMILES string of the molecule is O=C(NC1CCCC1)[C@H](Cc1ccccc1)N(Cc1ccc(Cl)cc1Cl)C(=O)CCCOc1ccccc1. The van der Waals surface area contributed by atoms with Crippen molar-refractivity contribution in [2.45, 2.75) is 63.6 Å². The number of benzene rings is 3. The van der Waals surface area contributed by atoms with Crippen molar-refractivity contribution in [3.8, 4) is 5.75 Å². The lowest BCUT2D eigenvalue weighted by molar-refractivity contribution is -0.141. The lowest BCUT2D eigenvalue weighted by atomic mass is 10.0. The van der Waals surface area contributed by atoms with Gasteiger partial charge in [0.15, 0.2) is 0 Å². The summed E-state index contributed by atoms with van der Waals surface area (Å²) in [6.45, 7) is 0.618. The summed E-state index contributed by atoms with van der Waals surface area (Å²) in [6.07, 6.45) is 5.35. The Morgan fingerprint density at radius 3 is 2.32 bits per heavy atom. The summed E-state index contributed by atoms with van der Waals surface area (Å²) in [7, 11) is 0. The van der Waals surface area contributed by atoms with Gasteiger partial charge in [-0.05, 0) is 54.7 Å². The minimum Gasteiger partial charge on any atom is -0.494 e. The highest BCUT2D eigenvalue weighted by Gasteiger charge is 2.32. The van der Waals surface area contributed by atoms with E-state index in [1.54, 1.807) is 17.0 Å². The Kier molecular flexibility index (Phi) is 10.5.